The smallest absolute Gasteiger partial charge is 0.126 e. The number of aryl methyl sites for hydroxylation is 1. The Hall–Kier alpha value is -1.27. The molecule has 0 bridgehead atoms. The van der Waals surface area contributed by atoms with Gasteiger partial charge in [0.25, 0.3) is 0 Å². The summed E-state index contributed by atoms with van der Waals surface area (Å²) in [5.41, 5.74) is 5.84. The second-order valence-corrected chi connectivity index (χ2v) is 2.63. The first kappa shape index (κ1) is 8.82. The first-order chi connectivity index (χ1) is 5.75. The van der Waals surface area contributed by atoms with E-state index in [1.165, 1.54) is 0 Å². The number of nitrogens with two attached hydrogens (primary N) is 1. The minimum atomic E-state index is -0.0718. The van der Waals surface area contributed by atoms with Gasteiger partial charge in [0, 0.05) is 25.9 Å². The average molecular weight is 163 g/mol. The largest absolute Gasteiger partial charge is 0.337 e. The van der Waals surface area contributed by atoms with Gasteiger partial charge >= 0.3 is 0 Å². The standard InChI is InChI=1S/C9H13N3/c1-3-4-5-8(10)9-11-6-7-12(9)2/h6-8H,5,10H2,1-2H3. The summed E-state index contributed by atoms with van der Waals surface area (Å²) in [7, 11) is 1.93. The minimum Gasteiger partial charge on any atom is -0.337 e. The van der Waals surface area contributed by atoms with E-state index < -0.39 is 0 Å². The highest BCUT2D eigenvalue weighted by atomic mass is 15.1. The zero-order valence-electron chi connectivity index (χ0n) is 7.41. The number of aromatic nitrogens is 2. The van der Waals surface area contributed by atoms with Crippen LogP contribution in [0.2, 0.25) is 0 Å². The molecular weight excluding hydrogens is 150 g/mol. The van der Waals surface area contributed by atoms with Gasteiger partial charge < -0.3 is 10.3 Å². The second-order valence-electron chi connectivity index (χ2n) is 2.63. The SMILES string of the molecule is CC#CCC(N)c1nccn1C. The maximum absolute atomic E-state index is 5.84. The van der Waals surface area contributed by atoms with Crippen molar-refractivity contribution in [1.82, 2.24) is 9.55 Å². The minimum absolute atomic E-state index is 0.0718. The van der Waals surface area contributed by atoms with Gasteiger partial charge in [0.2, 0.25) is 0 Å². The summed E-state index contributed by atoms with van der Waals surface area (Å²) in [4.78, 5) is 4.14. The van der Waals surface area contributed by atoms with Crippen molar-refractivity contribution in [2.45, 2.75) is 19.4 Å². The van der Waals surface area contributed by atoms with Crippen LogP contribution in [0.25, 0.3) is 0 Å². The van der Waals surface area contributed by atoms with Gasteiger partial charge in [-0.15, -0.1) is 11.8 Å². The topological polar surface area (TPSA) is 43.8 Å². The van der Waals surface area contributed by atoms with Crippen molar-refractivity contribution in [1.29, 1.82) is 0 Å². The highest BCUT2D eigenvalue weighted by Crippen LogP contribution is 2.09. The third-order valence-electron chi connectivity index (χ3n) is 1.69. The van der Waals surface area contributed by atoms with Crippen LogP contribution in [0.15, 0.2) is 12.4 Å². The Kier molecular flexibility index (Phi) is 2.89. The predicted molar refractivity (Wildman–Crippen MR) is 48.2 cm³/mol. The quantitative estimate of drug-likeness (QED) is 0.656. The Morgan fingerprint density at radius 2 is 2.50 bits per heavy atom. The third kappa shape index (κ3) is 1.86. The first-order valence-electron chi connectivity index (χ1n) is 3.88. The number of hydrogen-bond donors (Lipinski definition) is 1. The fraction of sp³-hybridized carbons (Fsp3) is 0.444. The van der Waals surface area contributed by atoms with Gasteiger partial charge in [-0.1, -0.05) is 0 Å². The molecule has 0 saturated heterocycles. The van der Waals surface area contributed by atoms with E-state index in [9.17, 15) is 0 Å². The van der Waals surface area contributed by atoms with Crippen LogP contribution in [0.4, 0.5) is 0 Å². The van der Waals surface area contributed by atoms with Gasteiger partial charge in [-0.25, -0.2) is 4.98 Å². The summed E-state index contributed by atoms with van der Waals surface area (Å²) in [5, 5.41) is 0. The van der Waals surface area contributed by atoms with Gasteiger partial charge in [0.15, 0.2) is 0 Å². The molecule has 0 aliphatic heterocycles. The Bertz CT molecular complexity index is 303. The van der Waals surface area contributed by atoms with Crippen LogP contribution >= 0.6 is 0 Å². The Morgan fingerprint density at radius 3 is 3.00 bits per heavy atom. The van der Waals surface area contributed by atoms with E-state index in [1.807, 2.05) is 24.7 Å². The van der Waals surface area contributed by atoms with Crippen LogP contribution < -0.4 is 5.73 Å². The molecule has 3 nitrogen and oxygen atoms in total. The lowest BCUT2D eigenvalue weighted by Crippen LogP contribution is -2.14. The summed E-state index contributed by atoms with van der Waals surface area (Å²) < 4.78 is 1.92. The molecule has 1 unspecified atom stereocenters. The molecule has 0 saturated carbocycles. The Labute approximate surface area is 72.6 Å². The molecule has 0 aromatic carbocycles. The molecule has 0 spiro atoms. The van der Waals surface area contributed by atoms with Crippen molar-refractivity contribution in [2.24, 2.45) is 12.8 Å². The fourth-order valence-electron chi connectivity index (χ4n) is 1.04. The van der Waals surface area contributed by atoms with Crippen LogP contribution in [-0.4, -0.2) is 9.55 Å². The average Bonchev–Trinajstić information content (AvgIpc) is 2.47. The first-order valence-corrected chi connectivity index (χ1v) is 3.88. The zero-order valence-corrected chi connectivity index (χ0v) is 7.41. The van der Waals surface area contributed by atoms with Gasteiger partial charge in [0.1, 0.15) is 5.82 Å². The van der Waals surface area contributed by atoms with Crippen LogP contribution in [-0.2, 0) is 7.05 Å². The Balaban J connectivity index is 2.68. The molecule has 1 atom stereocenters. The lowest BCUT2D eigenvalue weighted by atomic mass is 10.2. The molecular formula is C9H13N3. The van der Waals surface area contributed by atoms with E-state index in [1.54, 1.807) is 6.20 Å². The van der Waals surface area contributed by atoms with E-state index in [2.05, 4.69) is 16.8 Å². The lowest BCUT2D eigenvalue weighted by Gasteiger charge is -2.06. The monoisotopic (exact) mass is 163 g/mol. The summed E-state index contributed by atoms with van der Waals surface area (Å²) in [5.74, 6) is 6.63. The molecule has 3 heteroatoms. The third-order valence-corrected chi connectivity index (χ3v) is 1.69. The van der Waals surface area contributed by atoms with Gasteiger partial charge in [-0.05, 0) is 6.92 Å². The van der Waals surface area contributed by atoms with Crippen LogP contribution in [0.1, 0.15) is 25.2 Å². The molecule has 1 aromatic rings. The molecule has 12 heavy (non-hydrogen) atoms. The molecule has 1 aromatic heterocycles. The van der Waals surface area contributed by atoms with Crippen molar-refractivity contribution in [3.05, 3.63) is 18.2 Å². The van der Waals surface area contributed by atoms with Crippen LogP contribution in [0.3, 0.4) is 0 Å². The molecule has 1 heterocycles. The summed E-state index contributed by atoms with van der Waals surface area (Å²) in [6.07, 6.45) is 4.30. The van der Waals surface area contributed by atoms with Crippen LogP contribution in [0.5, 0.6) is 0 Å². The van der Waals surface area contributed by atoms with E-state index >= 15 is 0 Å². The maximum Gasteiger partial charge on any atom is 0.126 e. The normalized spacial score (nSPS) is 11.9. The molecule has 0 aliphatic rings. The van der Waals surface area contributed by atoms with Crippen LogP contribution in [0, 0.1) is 11.8 Å². The van der Waals surface area contributed by atoms with Crippen molar-refractivity contribution in [3.63, 3.8) is 0 Å². The van der Waals surface area contributed by atoms with E-state index in [4.69, 9.17) is 5.73 Å². The van der Waals surface area contributed by atoms with Crippen molar-refractivity contribution < 1.29 is 0 Å². The highest BCUT2D eigenvalue weighted by molar-refractivity contribution is 5.05. The van der Waals surface area contributed by atoms with Crippen molar-refractivity contribution in [2.75, 3.05) is 0 Å². The zero-order chi connectivity index (χ0) is 8.97. The second kappa shape index (κ2) is 3.93. The van der Waals surface area contributed by atoms with Gasteiger partial charge in [0.05, 0.1) is 6.04 Å². The Morgan fingerprint density at radius 1 is 1.75 bits per heavy atom. The van der Waals surface area contributed by atoms with E-state index in [0.29, 0.717) is 6.42 Å². The number of rotatable bonds is 2. The van der Waals surface area contributed by atoms with Gasteiger partial charge in [-0.3, -0.25) is 0 Å². The highest BCUT2D eigenvalue weighted by Gasteiger charge is 2.07. The summed E-state index contributed by atoms with van der Waals surface area (Å²) >= 11 is 0. The number of imidazole rings is 1. The van der Waals surface area contributed by atoms with E-state index in [0.717, 1.165) is 5.82 Å². The lowest BCUT2D eigenvalue weighted by molar-refractivity contribution is 0.650. The predicted octanol–water partition coefficient (Wildman–Crippen LogP) is 0.833. The van der Waals surface area contributed by atoms with E-state index in [-0.39, 0.29) is 6.04 Å². The number of nitrogens with zero attached hydrogens (tertiary/aromatic N) is 2. The molecule has 64 valence electrons. The molecule has 0 aliphatic carbocycles. The summed E-state index contributed by atoms with van der Waals surface area (Å²) in [6, 6.07) is -0.0718. The molecule has 2 N–H and O–H groups in total. The van der Waals surface area contributed by atoms with Gasteiger partial charge in [-0.2, -0.15) is 0 Å². The fourth-order valence-corrected chi connectivity index (χ4v) is 1.04. The molecule has 0 radical (unpaired) electrons. The number of hydrogen-bond acceptors (Lipinski definition) is 2. The molecule has 0 fully saturated rings. The molecule has 1 rings (SSSR count). The molecule has 0 amide bonds. The van der Waals surface area contributed by atoms with Crippen molar-refractivity contribution >= 4 is 0 Å². The maximum atomic E-state index is 5.84. The summed E-state index contributed by atoms with van der Waals surface area (Å²) in [6.45, 7) is 1.81. The van der Waals surface area contributed by atoms with Crippen molar-refractivity contribution in [3.8, 4) is 11.8 Å².